The molecule has 0 bridgehead atoms. The topological polar surface area (TPSA) is 108 Å². The average molecular weight is 315 g/mol. The van der Waals surface area contributed by atoms with Gasteiger partial charge in [-0.15, -0.1) is 0 Å². The molecule has 0 saturated carbocycles. The molecule has 0 aromatic heterocycles. The Kier molecular flexibility index (Phi) is 19.0. The van der Waals surface area contributed by atoms with E-state index in [9.17, 15) is 4.57 Å². The molecule has 0 rings (SSSR count). The molecule has 7 nitrogen and oxygen atoms in total. The summed E-state index contributed by atoms with van der Waals surface area (Å²) in [6, 6.07) is 0. The molecular formula is C12H30NO6P. The molecule has 124 valence electrons. The van der Waals surface area contributed by atoms with Crippen LogP contribution in [0.4, 0.5) is 0 Å². The molecule has 4 N–H and O–H groups in total. The normalized spacial score (nSPS) is 11.1. The Morgan fingerprint density at radius 1 is 0.950 bits per heavy atom. The highest BCUT2D eigenvalue weighted by Gasteiger charge is 2.19. The van der Waals surface area contributed by atoms with Crippen LogP contribution < -0.4 is 5.32 Å². The van der Waals surface area contributed by atoms with Gasteiger partial charge in [0.25, 0.3) is 0 Å². The first-order valence-corrected chi connectivity index (χ1v) is 8.57. The summed E-state index contributed by atoms with van der Waals surface area (Å²) in [6.45, 7) is 5.97. The van der Waals surface area contributed by atoms with Crippen LogP contribution in [0.25, 0.3) is 0 Å². The van der Waals surface area contributed by atoms with Crippen molar-refractivity contribution in [1.82, 2.24) is 5.32 Å². The van der Waals surface area contributed by atoms with Crippen LogP contribution in [0.2, 0.25) is 0 Å². The summed E-state index contributed by atoms with van der Waals surface area (Å²) in [4.78, 5) is 9.08. The molecule has 0 atom stereocenters. The summed E-state index contributed by atoms with van der Waals surface area (Å²) in [7, 11) is -3.75. The number of rotatable bonds is 12. The number of hydrogen-bond donors (Lipinski definition) is 4. The van der Waals surface area contributed by atoms with Crippen LogP contribution in [0.3, 0.4) is 0 Å². The highest BCUT2D eigenvalue weighted by atomic mass is 31.2. The van der Waals surface area contributed by atoms with Crippen LogP contribution in [0.1, 0.15) is 39.5 Å². The Morgan fingerprint density at radius 3 is 1.65 bits per heavy atom. The van der Waals surface area contributed by atoms with Gasteiger partial charge >= 0.3 is 7.82 Å². The summed E-state index contributed by atoms with van der Waals surface area (Å²) in [6.07, 6.45) is 3.44. The van der Waals surface area contributed by atoms with Gasteiger partial charge in [-0.25, -0.2) is 4.57 Å². The van der Waals surface area contributed by atoms with Crippen molar-refractivity contribution < 1.29 is 28.7 Å². The zero-order valence-electron chi connectivity index (χ0n) is 12.6. The fraction of sp³-hybridized carbons (Fsp3) is 1.00. The van der Waals surface area contributed by atoms with Crippen molar-refractivity contribution in [2.75, 3.05) is 39.5 Å². The van der Waals surface area contributed by atoms with E-state index >= 15 is 0 Å². The van der Waals surface area contributed by atoms with Gasteiger partial charge in [-0.05, 0) is 12.8 Å². The van der Waals surface area contributed by atoms with E-state index in [0.29, 0.717) is 13.1 Å². The molecule has 0 aromatic carbocycles. The van der Waals surface area contributed by atoms with Crippen molar-refractivity contribution in [3.05, 3.63) is 0 Å². The van der Waals surface area contributed by atoms with Crippen LogP contribution in [0.5, 0.6) is 0 Å². The van der Waals surface area contributed by atoms with Crippen LogP contribution in [-0.2, 0) is 13.6 Å². The van der Waals surface area contributed by atoms with E-state index in [2.05, 4.69) is 5.32 Å². The number of nitrogens with one attached hydrogen (secondary N) is 1. The van der Waals surface area contributed by atoms with Gasteiger partial charge < -0.3 is 20.4 Å². The maximum Gasteiger partial charge on any atom is 0.472 e. The molecule has 0 radical (unpaired) electrons. The van der Waals surface area contributed by atoms with Crippen LogP contribution in [-0.4, -0.2) is 54.6 Å². The molecular weight excluding hydrogens is 285 g/mol. The van der Waals surface area contributed by atoms with Crippen LogP contribution >= 0.6 is 7.82 Å². The van der Waals surface area contributed by atoms with Crippen molar-refractivity contribution in [3.8, 4) is 0 Å². The molecule has 0 amide bonds. The summed E-state index contributed by atoms with van der Waals surface area (Å²) >= 11 is 0. The Hall–Kier alpha value is -0.0100. The summed E-state index contributed by atoms with van der Waals surface area (Å²) in [5.41, 5.74) is 0. The predicted octanol–water partition coefficient (Wildman–Crippen LogP) is 1.28. The van der Waals surface area contributed by atoms with Gasteiger partial charge in [0.1, 0.15) is 0 Å². The lowest BCUT2D eigenvalue weighted by molar-refractivity contribution is 0.146. The zero-order chi connectivity index (χ0) is 15.7. The van der Waals surface area contributed by atoms with E-state index in [0.717, 1.165) is 25.7 Å². The molecule has 20 heavy (non-hydrogen) atoms. The average Bonchev–Trinajstić information content (AvgIpc) is 2.40. The number of aliphatic hydroxyl groups excluding tert-OH is 2. The molecule has 0 unspecified atom stereocenters. The monoisotopic (exact) mass is 315 g/mol. The number of hydrogen-bond acceptors (Lipinski definition) is 6. The number of phosphoric acid groups is 1. The van der Waals surface area contributed by atoms with E-state index in [4.69, 9.17) is 24.2 Å². The maximum absolute atomic E-state index is 11.1. The first kappa shape index (κ1) is 22.3. The van der Waals surface area contributed by atoms with Gasteiger partial charge in [0.05, 0.1) is 26.4 Å². The lowest BCUT2D eigenvalue weighted by atomic mass is 10.4. The fourth-order valence-electron chi connectivity index (χ4n) is 0.969. The second-order valence-corrected chi connectivity index (χ2v) is 5.49. The third-order valence-electron chi connectivity index (χ3n) is 2.08. The highest BCUT2D eigenvalue weighted by molar-refractivity contribution is 7.47. The first-order chi connectivity index (χ1) is 9.54. The summed E-state index contributed by atoms with van der Waals surface area (Å²) < 4.78 is 20.5. The molecule has 0 heterocycles. The minimum atomic E-state index is -3.75. The summed E-state index contributed by atoms with van der Waals surface area (Å²) in [5.74, 6) is 0. The van der Waals surface area contributed by atoms with Crippen LogP contribution in [0.15, 0.2) is 0 Å². The number of phosphoric ester groups is 1. The van der Waals surface area contributed by atoms with Gasteiger partial charge in [0, 0.05) is 13.1 Å². The quantitative estimate of drug-likeness (QED) is 0.317. The molecule has 0 aliphatic rings. The SMILES string of the molecule is CCCCOP(=O)(O)OCCCC.OCCNCCO. The second-order valence-electron chi connectivity index (χ2n) is 4.04. The van der Waals surface area contributed by atoms with Gasteiger partial charge in [0.2, 0.25) is 0 Å². The predicted molar refractivity (Wildman–Crippen MR) is 78.6 cm³/mol. The molecule has 0 fully saturated rings. The minimum absolute atomic E-state index is 0.139. The van der Waals surface area contributed by atoms with Crippen LogP contribution in [0, 0.1) is 0 Å². The molecule has 0 aromatic rings. The summed E-state index contributed by atoms with van der Waals surface area (Å²) in [5, 5.41) is 19.1. The highest BCUT2D eigenvalue weighted by Crippen LogP contribution is 2.43. The fourth-order valence-corrected chi connectivity index (χ4v) is 1.76. The standard InChI is InChI=1S/C8H19O4P.C4H11NO2/c1-3-5-7-11-13(9,10)12-8-6-4-2;6-3-1-5-2-4-7/h3-8H2,1-2H3,(H,9,10);5-7H,1-4H2. The van der Waals surface area contributed by atoms with E-state index in [1.807, 2.05) is 13.8 Å². The third kappa shape index (κ3) is 20.3. The molecule has 0 aliphatic carbocycles. The molecule has 8 heteroatoms. The Labute approximate surface area is 121 Å². The zero-order valence-corrected chi connectivity index (χ0v) is 13.5. The van der Waals surface area contributed by atoms with Crippen molar-refractivity contribution in [2.24, 2.45) is 0 Å². The minimum Gasteiger partial charge on any atom is -0.395 e. The Bertz CT molecular complexity index is 212. The van der Waals surface area contributed by atoms with E-state index in [-0.39, 0.29) is 26.4 Å². The van der Waals surface area contributed by atoms with Crippen molar-refractivity contribution in [1.29, 1.82) is 0 Å². The van der Waals surface area contributed by atoms with E-state index in [1.165, 1.54) is 0 Å². The Balaban J connectivity index is 0. The van der Waals surface area contributed by atoms with Crippen molar-refractivity contribution >= 4 is 7.82 Å². The van der Waals surface area contributed by atoms with E-state index < -0.39 is 7.82 Å². The molecule has 0 spiro atoms. The second kappa shape index (κ2) is 17.0. The Morgan fingerprint density at radius 2 is 1.35 bits per heavy atom. The van der Waals surface area contributed by atoms with E-state index in [1.54, 1.807) is 0 Å². The lowest BCUT2D eigenvalue weighted by Gasteiger charge is -2.10. The number of aliphatic hydroxyl groups is 2. The lowest BCUT2D eigenvalue weighted by Crippen LogP contribution is -2.21. The van der Waals surface area contributed by atoms with Crippen molar-refractivity contribution in [2.45, 2.75) is 39.5 Å². The van der Waals surface area contributed by atoms with Gasteiger partial charge in [-0.3, -0.25) is 9.05 Å². The largest absolute Gasteiger partial charge is 0.472 e. The number of unbranched alkanes of at least 4 members (excludes halogenated alkanes) is 2. The van der Waals surface area contributed by atoms with Crippen molar-refractivity contribution in [3.63, 3.8) is 0 Å². The molecule has 0 saturated heterocycles. The smallest absolute Gasteiger partial charge is 0.395 e. The van der Waals surface area contributed by atoms with Gasteiger partial charge in [-0.1, -0.05) is 26.7 Å². The van der Waals surface area contributed by atoms with Gasteiger partial charge in [0.15, 0.2) is 0 Å². The maximum atomic E-state index is 11.1. The van der Waals surface area contributed by atoms with Gasteiger partial charge in [-0.2, -0.15) is 0 Å². The third-order valence-corrected chi connectivity index (χ3v) is 3.10. The first-order valence-electron chi connectivity index (χ1n) is 7.08. The molecule has 0 aliphatic heterocycles.